The second kappa shape index (κ2) is 14.5. The van der Waals surface area contributed by atoms with Crippen LogP contribution in [0.4, 0.5) is 22.7 Å². The predicted octanol–water partition coefficient (Wildman–Crippen LogP) is 8.94. The number of nitrogens with zero attached hydrogens (tertiary/aromatic N) is 3. The van der Waals surface area contributed by atoms with Gasteiger partial charge in [0.15, 0.2) is 0 Å². The molecule has 3 aromatic carbocycles. The molecule has 0 atom stereocenters. The lowest BCUT2D eigenvalue weighted by molar-refractivity contribution is -0.123. The van der Waals surface area contributed by atoms with Gasteiger partial charge in [0.05, 0.1) is 47.9 Å². The molecule has 0 bridgehead atoms. The maximum absolute atomic E-state index is 11.3. The number of morpholine rings is 1. The first kappa shape index (κ1) is 35.8. The van der Waals surface area contributed by atoms with Crippen molar-refractivity contribution in [3.05, 3.63) is 79.9 Å². The first-order valence-corrected chi connectivity index (χ1v) is 17.6. The van der Waals surface area contributed by atoms with E-state index in [4.69, 9.17) is 26.1 Å². The lowest BCUT2D eigenvalue weighted by Gasteiger charge is -2.32. The molecule has 1 saturated heterocycles. The minimum Gasteiger partial charge on any atom is -0.495 e. The zero-order chi connectivity index (χ0) is 34.9. The fourth-order valence-electron chi connectivity index (χ4n) is 6.46. The number of nitrogens with one attached hydrogen (secondary N) is 2. The summed E-state index contributed by atoms with van der Waals surface area (Å²) in [6.45, 7) is 21.2. The number of fused-ring (bicyclic) bond motifs is 2. The van der Waals surface area contributed by atoms with Crippen molar-refractivity contribution in [2.75, 3.05) is 55.2 Å². The van der Waals surface area contributed by atoms with Crippen LogP contribution in [0.2, 0.25) is 5.02 Å². The molecule has 2 N–H and O–H groups in total. The van der Waals surface area contributed by atoms with Crippen LogP contribution in [0.25, 0.3) is 10.9 Å². The number of amides is 1. The fraction of sp³-hybridized carbons (Fsp3) is 0.421. The Hall–Kier alpha value is -3.53. The molecule has 6 rings (SSSR count). The zero-order valence-electron chi connectivity index (χ0n) is 29.5. The molecular weight excluding hydrogens is 690 g/mol. The van der Waals surface area contributed by atoms with E-state index in [1.807, 2.05) is 51.1 Å². The predicted molar refractivity (Wildman–Crippen MR) is 203 cm³/mol. The van der Waals surface area contributed by atoms with Crippen LogP contribution in [0, 0.1) is 33.6 Å². The maximum atomic E-state index is 11.3. The number of rotatable bonds is 6. The third kappa shape index (κ3) is 7.09. The third-order valence-corrected chi connectivity index (χ3v) is 10.6. The molecule has 1 aromatic heterocycles. The van der Waals surface area contributed by atoms with Crippen molar-refractivity contribution in [1.29, 1.82) is 0 Å². The van der Waals surface area contributed by atoms with Crippen LogP contribution in [0.5, 0.6) is 5.75 Å². The van der Waals surface area contributed by atoms with E-state index in [-0.39, 0.29) is 17.2 Å². The van der Waals surface area contributed by atoms with E-state index in [2.05, 4.69) is 83.3 Å². The van der Waals surface area contributed by atoms with Crippen molar-refractivity contribution in [3.8, 4) is 5.75 Å². The van der Waals surface area contributed by atoms with Gasteiger partial charge in [0.2, 0.25) is 5.91 Å². The van der Waals surface area contributed by atoms with Gasteiger partial charge in [0.25, 0.3) is 0 Å². The number of aromatic nitrogens is 1. The molecule has 0 spiro atoms. The summed E-state index contributed by atoms with van der Waals surface area (Å²) < 4.78 is 12.1. The number of hydrogen-bond donors (Lipinski definition) is 2. The summed E-state index contributed by atoms with van der Waals surface area (Å²) in [5, 5.41) is 1.66. The van der Waals surface area contributed by atoms with E-state index in [9.17, 15) is 4.79 Å². The zero-order valence-corrected chi connectivity index (χ0v) is 31.8. The van der Waals surface area contributed by atoms with Gasteiger partial charge in [-0.05, 0) is 74.2 Å². The maximum Gasteiger partial charge on any atom is 0.240 e. The average Bonchev–Trinajstić information content (AvgIpc) is 3.33. The molecule has 1 fully saturated rings. The number of hydrazine groups is 1. The second-order valence-electron chi connectivity index (χ2n) is 13.5. The minimum atomic E-state index is -0.0232. The molecule has 1 amide bonds. The summed E-state index contributed by atoms with van der Waals surface area (Å²) in [6.07, 6.45) is 0. The number of carbonyl (C=O) groups is 1. The summed E-state index contributed by atoms with van der Waals surface area (Å²) >= 11 is 10.0. The van der Waals surface area contributed by atoms with Gasteiger partial charge < -0.3 is 19.3 Å². The quantitative estimate of drug-likeness (QED) is 0.192. The van der Waals surface area contributed by atoms with E-state index < -0.39 is 0 Å². The molecule has 0 saturated carbocycles. The molecule has 10 heteroatoms. The van der Waals surface area contributed by atoms with Crippen LogP contribution in [-0.4, -0.2) is 50.8 Å². The first-order chi connectivity index (χ1) is 22.7. The lowest BCUT2D eigenvalue weighted by atomic mass is 9.86. The van der Waals surface area contributed by atoms with E-state index >= 15 is 0 Å². The highest BCUT2D eigenvalue weighted by Gasteiger charge is 2.39. The van der Waals surface area contributed by atoms with Gasteiger partial charge in [-0.3, -0.25) is 20.6 Å². The van der Waals surface area contributed by atoms with Gasteiger partial charge in [0.1, 0.15) is 5.75 Å². The number of benzene rings is 3. The highest BCUT2D eigenvalue weighted by Crippen LogP contribution is 2.51. The highest BCUT2D eigenvalue weighted by atomic mass is 79.9. The summed E-state index contributed by atoms with van der Waals surface area (Å²) in [7, 11) is 1.64. The monoisotopic (exact) mass is 735 g/mol. The lowest BCUT2D eigenvalue weighted by Crippen LogP contribution is -2.36. The molecule has 256 valence electrons. The molecule has 4 aromatic rings. The largest absolute Gasteiger partial charge is 0.495 e. The Balaban J connectivity index is 0.000000253. The van der Waals surface area contributed by atoms with Crippen LogP contribution < -0.4 is 25.4 Å². The molecule has 3 heterocycles. The van der Waals surface area contributed by atoms with Crippen LogP contribution in [0.15, 0.2) is 46.9 Å². The smallest absolute Gasteiger partial charge is 0.240 e. The number of carbonyl (C=O) groups excluding carboxylic acids is 1. The number of anilines is 4. The van der Waals surface area contributed by atoms with E-state index in [0.29, 0.717) is 10.8 Å². The number of pyridine rings is 1. The number of halogens is 2. The van der Waals surface area contributed by atoms with E-state index in [0.717, 1.165) is 65.2 Å². The van der Waals surface area contributed by atoms with Gasteiger partial charge in [-0.1, -0.05) is 67.4 Å². The average molecular weight is 737 g/mol. The van der Waals surface area contributed by atoms with Crippen molar-refractivity contribution >= 4 is 67.1 Å². The standard InChI is InChI=1S/C27H32ClN3O2.C11H15BrN2O/c1-16-18(3)29-22-14-24(32-6)21(28)13-19(22)25(16)31-15-27(4,5)20-7-8-23(17(2)26(20)31)30-9-11-33-12-10-30;1-7(2)11(15)14-13-10-6-4-5-9(12)8(10)3/h7-8,13-14H,9-12,15H2,1-6H3;4-7,13H,1-3H3,(H,14,15). The molecule has 2 aliphatic rings. The Kier molecular flexibility index (Phi) is 10.8. The Morgan fingerprint density at radius 3 is 2.40 bits per heavy atom. The van der Waals surface area contributed by atoms with Gasteiger partial charge in [-0.2, -0.15) is 0 Å². The first-order valence-electron chi connectivity index (χ1n) is 16.4. The normalized spacial score (nSPS) is 15.2. The summed E-state index contributed by atoms with van der Waals surface area (Å²) in [5.74, 6) is 0.609. The molecule has 48 heavy (non-hydrogen) atoms. The fourth-order valence-corrected chi connectivity index (χ4v) is 7.07. The van der Waals surface area contributed by atoms with E-state index in [1.165, 1.54) is 33.8 Å². The van der Waals surface area contributed by atoms with Crippen molar-refractivity contribution in [2.24, 2.45) is 5.92 Å². The Morgan fingerprint density at radius 1 is 1.02 bits per heavy atom. The number of aryl methyl sites for hydroxylation is 1. The van der Waals surface area contributed by atoms with Crippen LogP contribution >= 0.6 is 27.5 Å². The molecule has 8 nitrogen and oxygen atoms in total. The summed E-state index contributed by atoms with van der Waals surface area (Å²) in [5.41, 5.74) is 17.2. The SMILES string of the molecule is COc1cc2nc(C)c(C)c(N3CC(C)(C)c4ccc(N5CCOCC5)c(C)c43)c2cc1Cl.Cc1c(Br)cccc1NNC(=O)C(C)C. The molecule has 0 radical (unpaired) electrons. The topological polar surface area (TPSA) is 79.0 Å². The molecular formula is C38H47BrClN5O3. The van der Waals surface area contributed by atoms with Gasteiger partial charge in [-0.15, -0.1) is 0 Å². The number of methoxy groups -OCH3 is 1. The van der Waals surface area contributed by atoms with Gasteiger partial charge in [0, 0.05) is 58.3 Å². The van der Waals surface area contributed by atoms with Crippen molar-refractivity contribution < 1.29 is 14.3 Å². The molecule has 0 aliphatic carbocycles. The Bertz CT molecular complexity index is 1840. The minimum absolute atomic E-state index is 0.0191. The van der Waals surface area contributed by atoms with Gasteiger partial charge >= 0.3 is 0 Å². The second-order valence-corrected chi connectivity index (χ2v) is 14.8. The molecule has 2 aliphatic heterocycles. The Morgan fingerprint density at radius 2 is 1.73 bits per heavy atom. The molecule has 0 unspecified atom stereocenters. The van der Waals surface area contributed by atoms with Crippen molar-refractivity contribution in [2.45, 2.75) is 60.8 Å². The van der Waals surface area contributed by atoms with Crippen LogP contribution in [0.1, 0.15) is 55.6 Å². The summed E-state index contributed by atoms with van der Waals surface area (Å²) in [4.78, 5) is 21.2. The van der Waals surface area contributed by atoms with Crippen molar-refractivity contribution in [3.63, 3.8) is 0 Å². The number of hydrogen-bond acceptors (Lipinski definition) is 7. The number of ether oxygens (including phenoxy) is 2. The van der Waals surface area contributed by atoms with E-state index in [1.54, 1.807) is 7.11 Å². The third-order valence-electron chi connectivity index (χ3n) is 9.40. The van der Waals surface area contributed by atoms with Crippen molar-refractivity contribution in [1.82, 2.24) is 10.4 Å². The van der Waals surface area contributed by atoms with Gasteiger partial charge in [-0.25, -0.2) is 0 Å². The Labute approximate surface area is 298 Å². The summed E-state index contributed by atoms with van der Waals surface area (Å²) in [6, 6.07) is 14.4. The van der Waals surface area contributed by atoms with Crippen LogP contribution in [-0.2, 0) is 14.9 Å². The highest BCUT2D eigenvalue weighted by molar-refractivity contribution is 9.10. The van der Waals surface area contributed by atoms with Crippen LogP contribution in [0.3, 0.4) is 0 Å².